The van der Waals surface area contributed by atoms with Crippen molar-refractivity contribution in [2.24, 2.45) is 0 Å². The summed E-state index contributed by atoms with van der Waals surface area (Å²) in [6.07, 6.45) is 5.31. The Hall–Kier alpha value is -2.32. The Morgan fingerprint density at radius 1 is 1.18 bits per heavy atom. The third kappa shape index (κ3) is 4.09. The predicted molar refractivity (Wildman–Crippen MR) is 76.4 cm³/mol. The average Bonchev–Trinajstić information content (AvgIpc) is 2.73. The van der Waals surface area contributed by atoms with E-state index in [1.54, 1.807) is 0 Å². The maximum atomic E-state index is 11.7. The van der Waals surface area contributed by atoms with E-state index in [0.717, 1.165) is 35.6 Å². The first kappa shape index (κ1) is 16.1. The van der Waals surface area contributed by atoms with E-state index in [2.05, 4.69) is 16.1 Å². The number of imide groups is 1. The van der Waals surface area contributed by atoms with Crippen LogP contribution in [0.3, 0.4) is 0 Å². The van der Waals surface area contributed by atoms with E-state index in [9.17, 15) is 19.2 Å². The quantitative estimate of drug-likeness (QED) is 0.610. The first-order valence-corrected chi connectivity index (χ1v) is 7.39. The SMILES string of the molecule is CN1C(=O)CN(NC(=O)CNC(=O)NC2CCCCC2)C1=O. The lowest BCUT2D eigenvalue weighted by atomic mass is 9.96. The van der Waals surface area contributed by atoms with Crippen LogP contribution in [0.25, 0.3) is 0 Å². The molecule has 1 aliphatic heterocycles. The summed E-state index contributed by atoms with van der Waals surface area (Å²) in [6.45, 7) is -0.463. The second-order valence-corrected chi connectivity index (χ2v) is 5.52. The van der Waals surface area contributed by atoms with Gasteiger partial charge in [-0.15, -0.1) is 0 Å². The average molecular weight is 311 g/mol. The lowest BCUT2D eigenvalue weighted by molar-refractivity contribution is -0.125. The van der Waals surface area contributed by atoms with E-state index < -0.39 is 23.9 Å². The third-order valence-corrected chi connectivity index (χ3v) is 3.79. The summed E-state index contributed by atoms with van der Waals surface area (Å²) in [4.78, 5) is 47.1. The van der Waals surface area contributed by atoms with Gasteiger partial charge in [-0.2, -0.15) is 0 Å². The molecule has 22 heavy (non-hydrogen) atoms. The van der Waals surface area contributed by atoms with Crippen molar-refractivity contribution in [2.75, 3.05) is 20.1 Å². The number of hydrogen-bond acceptors (Lipinski definition) is 4. The number of rotatable bonds is 4. The highest BCUT2D eigenvalue weighted by molar-refractivity contribution is 6.02. The first-order chi connectivity index (χ1) is 10.5. The second kappa shape index (κ2) is 7.10. The Morgan fingerprint density at radius 2 is 1.86 bits per heavy atom. The Labute approximate surface area is 128 Å². The minimum Gasteiger partial charge on any atom is -0.335 e. The molecule has 0 aromatic carbocycles. The monoisotopic (exact) mass is 311 g/mol. The molecule has 1 saturated carbocycles. The van der Waals surface area contributed by atoms with Crippen LogP contribution >= 0.6 is 0 Å². The van der Waals surface area contributed by atoms with Crippen molar-refractivity contribution in [2.45, 2.75) is 38.1 Å². The van der Waals surface area contributed by atoms with Crippen LogP contribution in [0.1, 0.15) is 32.1 Å². The fourth-order valence-corrected chi connectivity index (χ4v) is 2.52. The summed E-state index contributed by atoms with van der Waals surface area (Å²) in [6, 6.07) is -0.837. The molecule has 9 heteroatoms. The number of likely N-dealkylation sites (N-methyl/N-ethyl adjacent to an activating group) is 1. The third-order valence-electron chi connectivity index (χ3n) is 3.79. The number of hydrazine groups is 1. The minimum atomic E-state index is -0.593. The number of urea groups is 2. The van der Waals surface area contributed by atoms with Crippen molar-refractivity contribution in [3.63, 3.8) is 0 Å². The van der Waals surface area contributed by atoms with Crippen LogP contribution in [0.5, 0.6) is 0 Å². The molecule has 2 rings (SSSR count). The molecule has 1 aliphatic carbocycles. The van der Waals surface area contributed by atoms with Gasteiger partial charge in [0.15, 0.2) is 0 Å². The van der Waals surface area contributed by atoms with E-state index in [4.69, 9.17) is 0 Å². The van der Waals surface area contributed by atoms with Gasteiger partial charge in [-0.05, 0) is 12.8 Å². The van der Waals surface area contributed by atoms with E-state index >= 15 is 0 Å². The summed E-state index contributed by atoms with van der Waals surface area (Å²) in [5, 5.41) is 6.18. The lowest BCUT2D eigenvalue weighted by Gasteiger charge is -2.23. The predicted octanol–water partition coefficient (Wildman–Crippen LogP) is -0.456. The van der Waals surface area contributed by atoms with Crippen LogP contribution in [-0.2, 0) is 9.59 Å². The Balaban J connectivity index is 1.68. The van der Waals surface area contributed by atoms with Crippen LogP contribution in [0.4, 0.5) is 9.59 Å². The highest BCUT2D eigenvalue weighted by Gasteiger charge is 2.34. The van der Waals surface area contributed by atoms with Crippen molar-refractivity contribution in [3.8, 4) is 0 Å². The fourth-order valence-electron chi connectivity index (χ4n) is 2.52. The van der Waals surface area contributed by atoms with E-state index in [1.807, 2.05) is 0 Å². The summed E-state index contributed by atoms with van der Waals surface area (Å²) in [5.41, 5.74) is 2.29. The highest BCUT2D eigenvalue weighted by Crippen LogP contribution is 2.17. The van der Waals surface area contributed by atoms with Gasteiger partial charge in [0.05, 0.1) is 0 Å². The molecule has 2 aliphatic rings. The molecular formula is C13H21N5O4. The Morgan fingerprint density at radius 3 is 2.45 bits per heavy atom. The summed E-state index contributed by atoms with van der Waals surface area (Å²) >= 11 is 0. The van der Waals surface area contributed by atoms with Crippen molar-refractivity contribution >= 4 is 23.9 Å². The number of amides is 6. The van der Waals surface area contributed by atoms with Gasteiger partial charge in [-0.25, -0.2) is 14.6 Å². The zero-order valence-electron chi connectivity index (χ0n) is 12.6. The van der Waals surface area contributed by atoms with Crippen molar-refractivity contribution < 1.29 is 19.2 Å². The van der Waals surface area contributed by atoms with Gasteiger partial charge in [0, 0.05) is 13.1 Å². The van der Waals surface area contributed by atoms with Crippen LogP contribution in [0.15, 0.2) is 0 Å². The smallest absolute Gasteiger partial charge is 0.335 e. The molecule has 0 aromatic rings. The molecule has 0 radical (unpaired) electrons. The van der Waals surface area contributed by atoms with Gasteiger partial charge < -0.3 is 10.6 Å². The summed E-state index contributed by atoms with van der Waals surface area (Å²) in [7, 11) is 1.34. The molecule has 2 fully saturated rings. The zero-order valence-corrected chi connectivity index (χ0v) is 12.6. The number of carbonyl (C=O) groups excluding carboxylic acids is 4. The second-order valence-electron chi connectivity index (χ2n) is 5.52. The molecule has 0 aromatic heterocycles. The number of nitrogens with one attached hydrogen (secondary N) is 3. The molecule has 3 N–H and O–H groups in total. The molecule has 1 saturated heterocycles. The topological polar surface area (TPSA) is 111 Å². The van der Waals surface area contributed by atoms with Gasteiger partial charge >= 0.3 is 12.1 Å². The van der Waals surface area contributed by atoms with Crippen LogP contribution in [0, 0.1) is 0 Å². The van der Waals surface area contributed by atoms with Crippen molar-refractivity contribution in [3.05, 3.63) is 0 Å². The van der Waals surface area contributed by atoms with Gasteiger partial charge in [0.25, 0.3) is 11.8 Å². The molecule has 1 heterocycles. The van der Waals surface area contributed by atoms with Crippen LogP contribution < -0.4 is 16.1 Å². The molecule has 0 atom stereocenters. The molecule has 0 bridgehead atoms. The number of nitrogens with zero attached hydrogens (tertiary/aromatic N) is 2. The minimum absolute atomic E-state index is 0.156. The maximum absolute atomic E-state index is 11.7. The zero-order chi connectivity index (χ0) is 16.1. The fraction of sp³-hybridized carbons (Fsp3) is 0.692. The van der Waals surface area contributed by atoms with E-state index in [0.29, 0.717) is 0 Å². The van der Waals surface area contributed by atoms with Gasteiger partial charge in [-0.1, -0.05) is 19.3 Å². The molecule has 0 unspecified atom stereocenters. The van der Waals surface area contributed by atoms with Crippen molar-refractivity contribution in [1.82, 2.24) is 26.0 Å². The Bertz CT molecular complexity index is 475. The molecule has 9 nitrogen and oxygen atoms in total. The Kier molecular flexibility index (Phi) is 5.18. The first-order valence-electron chi connectivity index (χ1n) is 7.39. The maximum Gasteiger partial charge on any atom is 0.345 e. The van der Waals surface area contributed by atoms with Crippen LogP contribution in [-0.4, -0.2) is 60.0 Å². The highest BCUT2D eigenvalue weighted by atomic mass is 16.2. The van der Waals surface area contributed by atoms with Gasteiger partial charge in [0.1, 0.15) is 13.1 Å². The van der Waals surface area contributed by atoms with Gasteiger partial charge in [0.2, 0.25) is 0 Å². The molecule has 122 valence electrons. The number of carbonyl (C=O) groups is 4. The normalized spacial score (nSPS) is 19.3. The summed E-state index contributed by atoms with van der Waals surface area (Å²) < 4.78 is 0. The molecular weight excluding hydrogens is 290 g/mol. The van der Waals surface area contributed by atoms with Crippen LogP contribution in [0.2, 0.25) is 0 Å². The van der Waals surface area contributed by atoms with E-state index in [1.165, 1.54) is 13.5 Å². The van der Waals surface area contributed by atoms with Crippen molar-refractivity contribution in [1.29, 1.82) is 0 Å². The number of hydrogen-bond donors (Lipinski definition) is 3. The van der Waals surface area contributed by atoms with E-state index in [-0.39, 0.29) is 19.1 Å². The molecule has 6 amide bonds. The lowest BCUT2D eigenvalue weighted by Crippen LogP contribution is -2.50. The standard InChI is InChI=1S/C13H21N5O4/c1-17-11(20)8-18(13(17)22)16-10(19)7-14-12(21)15-9-5-3-2-4-6-9/h9H,2-8H2,1H3,(H,16,19)(H2,14,15,21). The van der Waals surface area contributed by atoms with Gasteiger partial charge in [-0.3, -0.25) is 19.9 Å². The largest absolute Gasteiger partial charge is 0.345 e. The molecule has 0 spiro atoms. The summed E-state index contributed by atoms with van der Waals surface area (Å²) in [5.74, 6) is -0.955.